The van der Waals surface area contributed by atoms with E-state index < -0.39 is 30.1 Å². The number of aliphatic carboxylic acids is 1. The van der Waals surface area contributed by atoms with Crippen LogP contribution in [0.5, 0.6) is 11.5 Å². The Labute approximate surface area is 220 Å². The number of hydrogen-bond donors (Lipinski definition) is 2. The number of carboxylic acids is 1. The summed E-state index contributed by atoms with van der Waals surface area (Å²) in [7, 11) is 0. The quantitative estimate of drug-likeness (QED) is 0.281. The third kappa shape index (κ3) is 13.8. The molecule has 1 rings (SSSR count). The van der Waals surface area contributed by atoms with E-state index in [2.05, 4.69) is 5.32 Å². The molecule has 208 valence electrons. The second-order valence-corrected chi connectivity index (χ2v) is 11.8. The molecular formula is C28H43NO8. The lowest BCUT2D eigenvalue weighted by Crippen LogP contribution is -2.42. The molecule has 0 radical (unpaired) electrons. The topological polar surface area (TPSA) is 128 Å². The van der Waals surface area contributed by atoms with E-state index in [-0.39, 0.29) is 54.1 Å². The molecule has 0 fully saturated rings. The second-order valence-electron chi connectivity index (χ2n) is 11.8. The van der Waals surface area contributed by atoms with Gasteiger partial charge in [0.25, 0.3) is 0 Å². The molecule has 0 amide bonds. The van der Waals surface area contributed by atoms with Gasteiger partial charge in [0.05, 0.1) is 12.8 Å². The number of rotatable bonds is 13. The third-order valence-corrected chi connectivity index (χ3v) is 4.98. The first-order chi connectivity index (χ1) is 17.0. The Morgan fingerprint density at radius 3 is 1.92 bits per heavy atom. The molecular weight excluding hydrogens is 478 g/mol. The van der Waals surface area contributed by atoms with E-state index in [1.165, 1.54) is 12.1 Å². The van der Waals surface area contributed by atoms with E-state index in [1.807, 2.05) is 48.5 Å². The molecule has 0 spiro atoms. The molecule has 37 heavy (non-hydrogen) atoms. The van der Waals surface area contributed by atoms with E-state index in [9.17, 15) is 24.3 Å². The van der Waals surface area contributed by atoms with Gasteiger partial charge in [-0.2, -0.15) is 0 Å². The lowest BCUT2D eigenvalue weighted by Gasteiger charge is -2.21. The summed E-state index contributed by atoms with van der Waals surface area (Å²) in [5.41, 5.74) is -0.0414. The van der Waals surface area contributed by atoms with Crippen LogP contribution >= 0.6 is 0 Å². The van der Waals surface area contributed by atoms with Gasteiger partial charge < -0.3 is 24.6 Å². The highest BCUT2D eigenvalue weighted by Crippen LogP contribution is 2.32. The molecule has 1 aromatic rings. The summed E-state index contributed by atoms with van der Waals surface area (Å²) in [4.78, 5) is 48.5. The molecule has 0 heterocycles. The number of benzene rings is 1. The Morgan fingerprint density at radius 2 is 1.43 bits per heavy atom. The zero-order chi connectivity index (χ0) is 28.4. The van der Waals surface area contributed by atoms with Crippen LogP contribution < -0.4 is 14.8 Å². The monoisotopic (exact) mass is 521 g/mol. The average Bonchev–Trinajstić information content (AvgIpc) is 2.69. The Kier molecular flexibility index (Phi) is 12.2. The summed E-state index contributed by atoms with van der Waals surface area (Å²) < 4.78 is 16.3. The van der Waals surface area contributed by atoms with E-state index in [1.54, 1.807) is 13.0 Å². The molecule has 0 aliphatic heterocycles. The largest absolute Gasteiger partial charge is 0.480 e. The van der Waals surface area contributed by atoms with Gasteiger partial charge in [0, 0.05) is 13.0 Å². The minimum atomic E-state index is -1.08. The molecule has 1 aromatic carbocycles. The van der Waals surface area contributed by atoms with Crippen molar-refractivity contribution < 1.29 is 38.5 Å². The highest BCUT2D eigenvalue weighted by molar-refractivity contribution is 5.77. The normalized spacial score (nSPS) is 13.4. The minimum Gasteiger partial charge on any atom is -0.480 e. The van der Waals surface area contributed by atoms with Crippen LogP contribution in [0, 0.1) is 10.8 Å². The highest BCUT2D eigenvalue weighted by atomic mass is 16.6. The maximum atomic E-state index is 12.5. The molecule has 9 nitrogen and oxygen atoms in total. The highest BCUT2D eigenvalue weighted by Gasteiger charge is 2.24. The Morgan fingerprint density at radius 1 is 0.892 bits per heavy atom. The molecule has 0 aromatic heterocycles. The molecule has 0 saturated heterocycles. The maximum absolute atomic E-state index is 12.5. The van der Waals surface area contributed by atoms with Crippen molar-refractivity contribution in [2.45, 2.75) is 99.6 Å². The van der Waals surface area contributed by atoms with Crippen LogP contribution in [0.25, 0.3) is 0 Å². The average molecular weight is 522 g/mol. The SMILES string of the molecule is CCCC(=O)OC(C)CN[C@@H](Cc1ccc(OC(=O)CC(C)(C)C)c(OC(=O)CC(C)(C)C)c1)C(=O)O. The standard InChI is InChI=1S/C28H43NO8/c1-9-10-23(30)35-18(2)17-29-20(26(33)34)13-19-11-12-21(36-24(31)15-27(3,4)5)22(14-19)37-25(32)16-28(6,7)8/h11-12,14,18,20,29H,9-10,13,15-17H2,1-8H3,(H,33,34)/t18?,20-/m0/s1. The van der Waals surface area contributed by atoms with E-state index in [0.29, 0.717) is 18.4 Å². The zero-order valence-corrected chi connectivity index (χ0v) is 23.4. The van der Waals surface area contributed by atoms with Crippen LogP contribution in [0.4, 0.5) is 0 Å². The maximum Gasteiger partial charge on any atom is 0.321 e. The molecule has 2 atom stereocenters. The fourth-order valence-corrected chi connectivity index (χ4v) is 3.35. The summed E-state index contributed by atoms with van der Waals surface area (Å²) in [6.45, 7) is 15.1. The van der Waals surface area contributed by atoms with Crippen molar-refractivity contribution in [2.75, 3.05) is 6.54 Å². The number of esters is 3. The fourth-order valence-electron chi connectivity index (χ4n) is 3.35. The van der Waals surface area contributed by atoms with Crippen molar-refractivity contribution in [1.29, 1.82) is 0 Å². The predicted octanol–water partition coefficient (Wildman–Crippen LogP) is 4.69. The van der Waals surface area contributed by atoms with Crippen LogP contribution in [0.2, 0.25) is 0 Å². The zero-order valence-electron chi connectivity index (χ0n) is 23.4. The van der Waals surface area contributed by atoms with Crippen molar-refractivity contribution in [1.82, 2.24) is 5.32 Å². The summed E-state index contributed by atoms with van der Waals surface area (Å²) in [6, 6.07) is 3.66. The van der Waals surface area contributed by atoms with Crippen LogP contribution in [-0.2, 0) is 30.3 Å². The van der Waals surface area contributed by atoms with Gasteiger partial charge >= 0.3 is 23.9 Å². The van der Waals surface area contributed by atoms with E-state index >= 15 is 0 Å². The Balaban J connectivity index is 3.07. The van der Waals surface area contributed by atoms with Gasteiger partial charge in [0.1, 0.15) is 12.1 Å². The van der Waals surface area contributed by atoms with Crippen molar-refractivity contribution in [3.05, 3.63) is 23.8 Å². The van der Waals surface area contributed by atoms with E-state index in [4.69, 9.17) is 14.2 Å². The lowest BCUT2D eigenvalue weighted by atomic mass is 9.92. The Bertz CT molecular complexity index is 942. The van der Waals surface area contributed by atoms with Gasteiger partial charge in [-0.1, -0.05) is 54.5 Å². The first-order valence-corrected chi connectivity index (χ1v) is 12.7. The molecule has 1 unspecified atom stereocenters. The fraction of sp³-hybridized carbons (Fsp3) is 0.643. The molecule has 0 aliphatic carbocycles. The van der Waals surface area contributed by atoms with Crippen molar-refractivity contribution >= 4 is 23.9 Å². The molecule has 0 bridgehead atoms. The summed E-state index contributed by atoms with van der Waals surface area (Å²) >= 11 is 0. The van der Waals surface area contributed by atoms with Crippen LogP contribution in [0.15, 0.2) is 18.2 Å². The minimum absolute atomic E-state index is 0.0556. The van der Waals surface area contributed by atoms with Gasteiger partial charge in [-0.3, -0.25) is 19.2 Å². The van der Waals surface area contributed by atoms with Gasteiger partial charge in [0.2, 0.25) is 0 Å². The summed E-state index contributed by atoms with van der Waals surface area (Å²) in [5.74, 6) is -2.23. The van der Waals surface area contributed by atoms with Crippen LogP contribution in [-0.4, -0.2) is 47.7 Å². The molecule has 2 N–H and O–H groups in total. The number of carbonyl (C=O) groups excluding carboxylic acids is 3. The number of carboxylic acid groups (broad SMARTS) is 1. The summed E-state index contributed by atoms with van der Waals surface area (Å²) in [5, 5.41) is 12.6. The lowest BCUT2D eigenvalue weighted by molar-refractivity contribution is -0.148. The first kappa shape index (κ1) is 32.1. The van der Waals surface area contributed by atoms with Crippen molar-refractivity contribution in [2.24, 2.45) is 10.8 Å². The van der Waals surface area contributed by atoms with Gasteiger partial charge in [-0.25, -0.2) is 0 Å². The number of carbonyl (C=O) groups is 4. The molecule has 0 saturated carbocycles. The van der Waals surface area contributed by atoms with Gasteiger partial charge in [-0.05, 0) is 48.3 Å². The molecule has 9 heteroatoms. The van der Waals surface area contributed by atoms with E-state index in [0.717, 1.165) is 0 Å². The second kappa shape index (κ2) is 14.1. The predicted molar refractivity (Wildman–Crippen MR) is 139 cm³/mol. The number of ether oxygens (including phenoxy) is 3. The number of hydrogen-bond acceptors (Lipinski definition) is 8. The number of nitrogens with one attached hydrogen (secondary N) is 1. The van der Waals surface area contributed by atoms with Crippen molar-refractivity contribution in [3.63, 3.8) is 0 Å². The van der Waals surface area contributed by atoms with Crippen LogP contribution in [0.3, 0.4) is 0 Å². The first-order valence-electron chi connectivity index (χ1n) is 12.7. The summed E-state index contributed by atoms with van der Waals surface area (Å²) in [6.07, 6.45) is 0.831. The Hall–Kier alpha value is -2.94. The van der Waals surface area contributed by atoms with Gasteiger partial charge in [-0.15, -0.1) is 0 Å². The van der Waals surface area contributed by atoms with Crippen molar-refractivity contribution in [3.8, 4) is 11.5 Å². The van der Waals surface area contributed by atoms with Gasteiger partial charge in [0.15, 0.2) is 11.5 Å². The molecule has 0 aliphatic rings. The smallest absolute Gasteiger partial charge is 0.321 e. The third-order valence-electron chi connectivity index (χ3n) is 4.98. The van der Waals surface area contributed by atoms with Crippen LogP contribution in [0.1, 0.15) is 86.6 Å².